The van der Waals surface area contributed by atoms with E-state index < -0.39 is 29.8 Å². The molecule has 1 rings (SSSR count). The Morgan fingerprint density at radius 2 is 2.18 bits per heavy atom. The van der Waals surface area contributed by atoms with E-state index in [-0.39, 0.29) is 42.7 Å². The van der Waals surface area contributed by atoms with Gasteiger partial charge < -0.3 is 20.9 Å². The Bertz CT molecular complexity index is 676. The molecule has 1 aliphatic heterocycles. The van der Waals surface area contributed by atoms with Gasteiger partial charge in [-0.05, 0) is 0 Å². The van der Waals surface area contributed by atoms with Crippen LogP contribution in [0.4, 0.5) is 0 Å². The van der Waals surface area contributed by atoms with E-state index in [0.717, 1.165) is 16.7 Å². The number of ether oxygens (including phenoxy) is 1. The number of aliphatic hydroxyl groups excluding tert-OH is 1. The second-order valence-corrected chi connectivity index (χ2v) is 6.95. The zero-order valence-corrected chi connectivity index (χ0v) is 16.4. The van der Waals surface area contributed by atoms with Crippen LogP contribution in [0.25, 0.3) is 0 Å². The normalized spacial score (nSPS) is 18.5. The molecule has 0 spiro atoms. The average Bonchev–Trinajstić information content (AvgIpc) is 2.95. The van der Waals surface area contributed by atoms with Crippen LogP contribution in [0.15, 0.2) is 36.5 Å². The van der Waals surface area contributed by atoms with Crippen LogP contribution in [0.5, 0.6) is 0 Å². The van der Waals surface area contributed by atoms with Gasteiger partial charge in [0.2, 0.25) is 17.7 Å². The highest BCUT2D eigenvalue weighted by atomic mass is 32.2. The summed E-state index contributed by atoms with van der Waals surface area (Å²) in [5, 5.41) is 11.2. The molecule has 0 bridgehead atoms. The van der Waals surface area contributed by atoms with Crippen molar-refractivity contribution in [3.05, 3.63) is 36.5 Å². The van der Waals surface area contributed by atoms with E-state index in [1.54, 1.807) is 6.08 Å². The Hall–Kier alpha value is -2.43. The summed E-state index contributed by atoms with van der Waals surface area (Å²) in [6, 6.07) is -1.05. The minimum atomic E-state index is -1.05. The quantitative estimate of drug-likeness (QED) is 0.172. The molecule has 28 heavy (non-hydrogen) atoms. The fourth-order valence-corrected chi connectivity index (χ4v) is 3.55. The van der Waals surface area contributed by atoms with Gasteiger partial charge in [-0.1, -0.05) is 30.9 Å². The highest BCUT2D eigenvalue weighted by Crippen LogP contribution is 2.25. The molecule has 0 aromatic rings. The van der Waals surface area contributed by atoms with Gasteiger partial charge >= 0.3 is 5.97 Å². The zero-order chi connectivity index (χ0) is 21.1. The maximum Gasteiger partial charge on any atom is 0.329 e. The van der Waals surface area contributed by atoms with Crippen molar-refractivity contribution in [2.45, 2.75) is 17.7 Å². The molecular weight excluding hydrogens is 386 g/mol. The van der Waals surface area contributed by atoms with Crippen molar-refractivity contribution in [2.24, 2.45) is 5.73 Å². The summed E-state index contributed by atoms with van der Waals surface area (Å²) in [6.45, 7) is 3.29. The van der Waals surface area contributed by atoms with Crippen LogP contribution in [0.2, 0.25) is 0 Å². The van der Waals surface area contributed by atoms with Gasteiger partial charge in [-0.3, -0.25) is 19.3 Å². The number of nitrogens with zero attached hydrogens (tertiary/aromatic N) is 1. The summed E-state index contributed by atoms with van der Waals surface area (Å²) in [7, 11) is 1.18. The number of methoxy groups -OCH3 is 1. The van der Waals surface area contributed by atoms with E-state index in [4.69, 9.17) is 10.5 Å². The molecule has 1 fully saturated rings. The highest BCUT2D eigenvalue weighted by Gasteiger charge is 2.39. The molecule has 9 nitrogen and oxygen atoms in total. The fraction of sp³-hybridized carbons (Fsp3) is 0.444. The van der Waals surface area contributed by atoms with Gasteiger partial charge in [0.05, 0.1) is 19.0 Å². The Morgan fingerprint density at radius 1 is 1.46 bits per heavy atom. The predicted octanol–water partition coefficient (Wildman–Crippen LogP) is -0.875. The minimum Gasteiger partial charge on any atom is -0.467 e. The predicted molar refractivity (Wildman–Crippen MR) is 105 cm³/mol. The molecule has 0 aromatic carbocycles. The number of likely N-dealkylation sites (tertiary alicyclic amines) is 1. The van der Waals surface area contributed by atoms with Crippen LogP contribution in [-0.4, -0.2) is 77.5 Å². The molecule has 1 aliphatic rings. The number of aliphatic hydroxyl groups is 1. The number of carbonyl (C=O) groups excluding carboxylic acids is 4. The van der Waals surface area contributed by atoms with Crippen LogP contribution in [0.1, 0.15) is 6.42 Å². The number of hydrogen-bond acceptors (Lipinski definition) is 8. The summed E-state index contributed by atoms with van der Waals surface area (Å²) in [6.07, 6.45) is 6.01. The number of nitrogens with one attached hydrogen (secondary N) is 1. The van der Waals surface area contributed by atoms with Crippen molar-refractivity contribution < 1.29 is 29.0 Å². The molecular formula is C18H25N3O6S. The molecule has 2 unspecified atom stereocenters. The number of hydrogen-bond donors (Lipinski definition) is 3. The first kappa shape index (κ1) is 23.6. The van der Waals surface area contributed by atoms with E-state index in [9.17, 15) is 24.3 Å². The summed E-state index contributed by atoms with van der Waals surface area (Å²) in [4.78, 5) is 49.5. The van der Waals surface area contributed by atoms with Crippen LogP contribution < -0.4 is 11.1 Å². The number of imide groups is 1. The SMILES string of the molecule is C=C/C=C\C=C(/CO)C(=O)NC(CSC1CC(=O)N(CCN)C1=O)C(=O)OC. The topological polar surface area (TPSA) is 139 Å². The summed E-state index contributed by atoms with van der Waals surface area (Å²) in [5.74, 6) is -1.99. The molecule has 2 atom stereocenters. The number of amides is 3. The monoisotopic (exact) mass is 411 g/mol. The maximum atomic E-state index is 12.3. The second kappa shape index (κ2) is 12.1. The van der Waals surface area contributed by atoms with Gasteiger partial charge in [0, 0.05) is 30.8 Å². The van der Waals surface area contributed by atoms with Crippen LogP contribution in [0, 0.1) is 0 Å². The maximum absolute atomic E-state index is 12.3. The molecule has 0 radical (unpaired) electrons. The number of allylic oxidation sites excluding steroid dienone is 4. The van der Waals surface area contributed by atoms with Crippen molar-refractivity contribution in [1.29, 1.82) is 0 Å². The summed E-state index contributed by atoms with van der Waals surface area (Å²) < 4.78 is 4.69. The molecule has 0 saturated carbocycles. The molecule has 1 heterocycles. The third-order valence-electron chi connectivity index (χ3n) is 3.82. The average molecular weight is 411 g/mol. The first-order valence-electron chi connectivity index (χ1n) is 8.53. The van der Waals surface area contributed by atoms with E-state index >= 15 is 0 Å². The molecule has 0 aliphatic carbocycles. The Balaban J connectivity index is 2.78. The fourth-order valence-electron chi connectivity index (χ4n) is 2.37. The molecule has 1 saturated heterocycles. The first-order valence-corrected chi connectivity index (χ1v) is 9.58. The molecule has 154 valence electrons. The first-order chi connectivity index (χ1) is 13.4. The van der Waals surface area contributed by atoms with Crippen molar-refractivity contribution in [1.82, 2.24) is 10.2 Å². The van der Waals surface area contributed by atoms with E-state index in [2.05, 4.69) is 11.9 Å². The van der Waals surface area contributed by atoms with Crippen LogP contribution in [-0.2, 0) is 23.9 Å². The highest BCUT2D eigenvalue weighted by molar-refractivity contribution is 8.00. The van der Waals surface area contributed by atoms with Crippen molar-refractivity contribution in [3.8, 4) is 0 Å². The lowest BCUT2D eigenvalue weighted by molar-refractivity contribution is -0.144. The summed E-state index contributed by atoms with van der Waals surface area (Å²) >= 11 is 1.08. The van der Waals surface area contributed by atoms with Crippen molar-refractivity contribution in [2.75, 3.05) is 32.6 Å². The number of thioether (sulfide) groups is 1. The lowest BCUT2D eigenvalue weighted by atomic mass is 10.2. The van der Waals surface area contributed by atoms with Gasteiger partial charge in [0.25, 0.3) is 0 Å². The third kappa shape index (κ3) is 6.63. The lowest BCUT2D eigenvalue weighted by Crippen LogP contribution is -2.44. The Labute approximate surface area is 167 Å². The zero-order valence-electron chi connectivity index (χ0n) is 15.6. The van der Waals surface area contributed by atoms with Gasteiger partial charge in [-0.15, -0.1) is 11.8 Å². The minimum absolute atomic E-state index is 0.0134. The van der Waals surface area contributed by atoms with Crippen molar-refractivity contribution >= 4 is 35.5 Å². The molecule has 10 heteroatoms. The van der Waals surface area contributed by atoms with Gasteiger partial charge in [0.15, 0.2) is 0 Å². The van der Waals surface area contributed by atoms with Crippen LogP contribution >= 0.6 is 11.8 Å². The number of carbonyl (C=O) groups is 4. The number of rotatable bonds is 11. The summed E-state index contributed by atoms with van der Waals surface area (Å²) in [5.41, 5.74) is 5.44. The standard InChI is InChI=1S/C18H25N3O6S/c1-3-4-5-6-12(10-22)16(24)20-13(18(26)27-2)11-28-14-9-15(23)21(8-7-19)17(14)25/h3-6,13-14,22H,1,7-11,19H2,2H3,(H,20,24)/b5-4-,12-6+. The Kier molecular flexibility index (Phi) is 10.2. The molecule has 3 amide bonds. The van der Waals surface area contributed by atoms with Gasteiger partial charge in [-0.2, -0.15) is 0 Å². The second-order valence-electron chi connectivity index (χ2n) is 5.72. The smallest absolute Gasteiger partial charge is 0.329 e. The van der Waals surface area contributed by atoms with E-state index in [1.165, 1.54) is 25.3 Å². The van der Waals surface area contributed by atoms with Crippen LogP contribution in [0.3, 0.4) is 0 Å². The molecule has 0 aromatic heterocycles. The van der Waals surface area contributed by atoms with E-state index in [0.29, 0.717) is 0 Å². The number of esters is 1. The van der Waals surface area contributed by atoms with Crippen molar-refractivity contribution in [3.63, 3.8) is 0 Å². The van der Waals surface area contributed by atoms with Gasteiger partial charge in [-0.25, -0.2) is 4.79 Å². The largest absolute Gasteiger partial charge is 0.467 e. The molecule has 4 N–H and O–H groups in total. The number of nitrogens with two attached hydrogens (primary N) is 1. The lowest BCUT2D eigenvalue weighted by Gasteiger charge is -2.18. The van der Waals surface area contributed by atoms with E-state index in [1.807, 2.05) is 0 Å². The third-order valence-corrected chi connectivity index (χ3v) is 5.11. The van der Waals surface area contributed by atoms with Gasteiger partial charge in [0.1, 0.15) is 6.04 Å². The Morgan fingerprint density at radius 3 is 2.75 bits per heavy atom.